The number of aromatic carboxylic acids is 1. The van der Waals surface area contributed by atoms with E-state index in [9.17, 15) is 9.59 Å². The van der Waals surface area contributed by atoms with E-state index in [0.717, 1.165) is 5.56 Å². The molecule has 0 spiro atoms. The first-order valence-corrected chi connectivity index (χ1v) is 7.80. The fourth-order valence-electron chi connectivity index (χ4n) is 1.91. The van der Waals surface area contributed by atoms with E-state index in [1.165, 1.54) is 24.3 Å². The summed E-state index contributed by atoms with van der Waals surface area (Å²) in [5.41, 5.74) is 1.40. The highest BCUT2D eigenvalue weighted by Gasteiger charge is 2.17. The maximum absolute atomic E-state index is 12.2. The highest BCUT2D eigenvalue weighted by molar-refractivity contribution is 6.36. The minimum absolute atomic E-state index is 0.140. The van der Waals surface area contributed by atoms with E-state index in [0.29, 0.717) is 21.5 Å². The Hall–Kier alpha value is -2.24. The molecule has 0 bridgehead atoms. The van der Waals surface area contributed by atoms with Gasteiger partial charge >= 0.3 is 5.97 Å². The van der Waals surface area contributed by atoms with Gasteiger partial charge in [-0.05, 0) is 55.8 Å². The van der Waals surface area contributed by atoms with E-state index in [4.69, 9.17) is 33.0 Å². The maximum Gasteiger partial charge on any atom is 0.335 e. The van der Waals surface area contributed by atoms with Gasteiger partial charge in [0.05, 0.1) is 10.6 Å². The van der Waals surface area contributed by atoms with Crippen molar-refractivity contribution in [2.75, 3.05) is 5.32 Å². The lowest BCUT2D eigenvalue weighted by Gasteiger charge is -2.16. The number of hydrogen-bond acceptors (Lipinski definition) is 3. The molecule has 1 unspecified atom stereocenters. The number of carbonyl (C=O) groups excluding carboxylic acids is 1. The highest BCUT2D eigenvalue weighted by atomic mass is 35.5. The molecular weight excluding hydrogens is 353 g/mol. The van der Waals surface area contributed by atoms with Crippen LogP contribution < -0.4 is 10.1 Å². The van der Waals surface area contributed by atoms with Gasteiger partial charge in [-0.2, -0.15) is 0 Å². The molecule has 5 nitrogen and oxygen atoms in total. The molecule has 2 N–H and O–H groups in total. The number of carbonyl (C=O) groups is 2. The first-order valence-electron chi connectivity index (χ1n) is 7.04. The molecule has 24 heavy (non-hydrogen) atoms. The Labute approximate surface area is 149 Å². The lowest BCUT2D eigenvalue weighted by atomic mass is 10.2. The molecule has 0 aliphatic rings. The predicted octanol–water partition coefficient (Wildman–Crippen LogP) is 4.41. The lowest BCUT2D eigenvalue weighted by Crippen LogP contribution is -2.30. The number of anilines is 1. The number of aryl methyl sites for hydroxylation is 1. The van der Waals surface area contributed by atoms with Gasteiger partial charge in [-0.1, -0.05) is 23.2 Å². The summed E-state index contributed by atoms with van der Waals surface area (Å²) in [6, 6.07) is 9.05. The van der Waals surface area contributed by atoms with Crippen LogP contribution >= 0.6 is 23.2 Å². The van der Waals surface area contributed by atoms with Crippen molar-refractivity contribution >= 4 is 40.8 Å². The molecule has 0 radical (unpaired) electrons. The van der Waals surface area contributed by atoms with Crippen LogP contribution in [0.15, 0.2) is 36.4 Å². The zero-order valence-electron chi connectivity index (χ0n) is 13.0. The molecule has 126 valence electrons. The number of hydrogen-bond donors (Lipinski definition) is 2. The number of halogens is 2. The third-order valence-electron chi connectivity index (χ3n) is 3.29. The normalized spacial score (nSPS) is 11.7. The third kappa shape index (κ3) is 4.40. The van der Waals surface area contributed by atoms with E-state index < -0.39 is 12.1 Å². The molecule has 2 aromatic carbocycles. The average Bonchev–Trinajstić information content (AvgIpc) is 2.53. The van der Waals surface area contributed by atoms with E-state index in [1.54, 1.807) is 26.0 Å². The van der Waals surface area contributed by atoms with Gasteiger partial charge in [0.25, 0.3) is 5.91 Å². The number of nitrogens with one attached hydrogen (secondary N) is 1. The molecular formula is C17H15Cl2NO4. The average molecular weight is 368 g/mol. The van der Waals surface area contributed by atoms with E-state index in [-0.39, 0.29) is 11.5 Å². The van der Waals surface area contributed by atoms with E-state index >= 15 is 0 Å². The summed E-state index contributed by atoms with van der Waals surface area (Å²) in [5, 5.41) is 12.3. The van der Waals surface area contributed by atoms with Crippen molar-refractivity contribution in [3.8, 4) is 5.75 Å². The number of carboxylic acid groups (broad SMARTS) is 1. The van der Waals surface area contributed by atoms with Gasteiger partial charge in [0, 0.05) is 10.7 Å². The van der Waals surface area contributed by atoms with Gasteiger partial charge in [-0.25, -0.2) is 4.79 Å². The van der Waals surface area contributed by atoms with Gasteiger partial charge in [-0.3, -0.25) is 4.79 Å². The number of amides is 1. The van der Waals surface area contributed by atoms with Gasteiger partial charge < -0.3 is 15.2 Å². The molecule has 2 rings (SSSR count). The molecule has 0 fully saturated rings. The Morgan fingerprint density at radius 1 is 1.12 bits per heavy atom. The molecule has 0 saturated heterocycles. The topological polar surface area (TPSA) is 75.6 Å². The van der Waals surface area contributed by atoms with Crippen LogP contribution in [0.5, 0.6) is 5.75 Å². The van der Waals surface area contributed by atoms with Crippen LogP contribution in [0.3, 0.4) is 0 Å². The minimum atomic E-state index is -1.03. The van der Waals surface area contributed by atoms with Gasteiger partial charge in [0.2, 0.25) is 0 Å². The summed E-state index contributed by atoms with van der Waals surface area (Å²) in [5.74, 6) is -1.05. The minimum Gasteiger partial charge on any atom is -0.479 e. The molecule has 0 aromatic heterocycles. The molecule has 0 aliphatic heterocycles. The fraction of sp³-hybridized carbons (Fsp3) is 0.176. The van der Waals surface area contributed by atoms with Crippen molar-refractivity contribution in [3.05, 3.63) is 57.6 Å². The standard InChI is InChI=1S/C17H15Cl2NO4/c1-9-7-15(14(19)8-13(9)18)24-10(2)16(21)20-12-5-3-11(4-6-12)17(22)23/h3-8,10H,1-2H3,(H,20,21)(H,22,23). The quantitative estimate of drug-likeness (QED) is 0.820. The first kappa shape index (κ1) is 18.1. The Balaban J connectivity index is 2.04. The molecule has 2 aromatic rings. The van der Waals surface area contributed by atoms with Crippen molar-refractivity contribution in [2.24, 2.45) is 0 Å². The molecule has 7 heteroatoms. The molecule has 1 atom stereocenters. The number of ether oxygens (including phenoxy) is 1. The van der Waals surface area contributed by atoms with Crippen molar-refractivity contribution in [3.63, 3.8) is 0 Å². The second kappa shape index (κ2) is 7.55. The monoisotopic (exact) mass is 367 g/mol. The summed E-state index contributed by atoms with van der Waals surface area (Å²) in [7, 11) is 0. The summed E-state index contributed by atoms with van der Waals surface area (Å²) >= 11 is 12.0. The number of carboxylic acids is 1. The van der Waals surface area contributed by atoms with Crippen LogP contribution in [0, 0.1) is 6.92 Å². The molecule has 1 amide bonds. The zero-order chi connectivity index (χ0) is 17.9. The van der Waals surface area contributed by atoms with Crippen LogP contribution in [-0.2, 0) is 4.79 Å². The lowest BCUT2D eigenvalue weighted by molar-refractivity contribution is -0.122. The van der Waals surface area contributed by atoms with Gasteiger partial charge in [0.15, 0.2) is 6.10 Å². The highest BCUT2D eigenvalue weighted by Crippen LogP contribution is 2.31. The van der Waals surface area contributed by atoms with Crippen molar-refractivity contribution < 1.29 is 19.4 Å². The van der Waals surface area contributed by atoms with Crippen LogP contribution in [0.4, 0.5) is 5.69 Å². The van der Waals surface area contributed by atoms with Gasteiger partial charge in [0.1, 0.15) is 5.75 Å². The Morgan fingerprint density at radius 3 is 2.33 bits per heavy atom. The van der Waals surface area contributed by atoms with Crippen LogP contribution in [0.1, 0.15) is 22.8 Å². The zero-order valence-corrected chi connectivity index (χ0v) is 14.5. The van der Waals surface area contributed by atoms with Crippen molar-refractivity contribution in [1.29, 1.82) is 0 Å². The second-order valence-electron chi connectivity index (χ2n) is 5.16. The number of benzene rings is 2. The van der Waals surface area contributed by atoms with Crippen LogP contribution in [0.25, 0.3) is 0 Å². The second-order valence-corrected chi connectivity index (χ2v) is 5.98. The van der Waals surface area contributed by atoms with Crippen LogP contribution in [0.2, 0.25) is 10.0 Å². The van der Waals surface area contributed by atoms with E-state index in [1.807, 2.05) is 0 Å². The summed E-state index contributed by atoms with van der Waals surface area (Å²) in [6.07, 6.45) is -0.803. The smallest absolute Gasteiger partial charge is 0.335 e. The van der Waals surface area contributed by atoms with Crippen molar-refractivity contribution in [2.45, 2.75) is 20.0 Å². The molecule has 0 saturated carbocycles. The Morgan fingerprint density at radius 2 is 1.75 bits per heavy atom. The molecule has 0 aliphatic carbocycles. The maximum atomic E-state index is 12.2. The Kier molecular flexibility index (Phi) is 5.70. The Bertz CT molecular complexity index is 775. The third-order valence-corrected chi connectivity index (χ3v) is 3.99. The number of rotatable bonds is 5. The first-order chi connectivity index (χ1) is 11.3. The summed E-state index contributed by atoms with van der Waals surface area (Å²) in [4.78, 5) is 23.0. The predicted molar refractivity (Wildman–Crippen MR) is 93.3 cm³/mol. The largest absolute Gasteiger partial charge is 0.479 e. The van der Waals surface area contributed by atoms with E-state index in [2.05, 4.69) is 5.32 Å². The van der Waals surface area contributed by atoms with Crippen LogP contribution in [-0.4, -0.2) is 23.1 Å². The fourth-order valence-corrected chi connectivity index (χ4v) is 2.33. The molecule has 0 heterocycles. The van der Waals surface area contributed by atoms with Crippen molar-refractivity contribution in [1.82, 2.24) is 0 Å². The summed E-state index contributed by atoms with van der Waals surface area (Å²) in [6.45, 7) is 3.39. The van der Waals surface area contributed by atoms with Gasteiger partial charge in [-0.15, -0.1) is 0 Å². The SMILES string of the molecule is Cc1cc(OC(C)C(=O)Nc2ccc(C(=O)O)cc2)c(Cl)cc1Cl. The summed E-state index contributed by atoms with van der Waals surface area (Å²) < 4.78 is 5.58.